The third kappa shape index (κ3) is 5.16. The lowest BCUT2D eigenvalue weighted by Gasteiger charge is -2.34. The summed E-state index contributed by atoms with van der Waals surface area (Å²) in [5.74, 6) is -0.233. The Morgan fingerprint density at radius 2 is 1.90 bits per heavy atom. The number of hydrogen-bond acceptors (Lipinski definition) is 4. The molecule has 0 bridgehead atoms. The lowest BCUT2D eigenvalue weighted by molar-refractivity contribution is -0.161. The second-order valence-corrected chi connectivity index (χ2v) is 7.82. The van der Waals surface area contributed by atoms with Crippen molar-refractivity contribution in [3.8, 4) is 0 Å². The number of hydrogen-bond donors (Lipinski definition) is 1. The van der Waals surface area contributed by atoms with Gasteiger partial charge in [-0.15, -0.1) is 0 Å². The van der Waals surface area contributed by atoms with E-state index in [1.165, 1.54) is 0 Å². The molecule has 0 aliphatic carbocycles. The third-order valence-corrected chi connectivity index (χ3v) is 3.44. The Kier molecular flexibility index (Phi) is 5.20. The van der Waals surface area contributed by atoms with E-state index in [9.17, 15) is 4.79 Å². The fourth-order valence-corrected chi connectivity index (χ4v) is 1.89. The summed E-state index contributed by atoms with van der Waals surface area (Å²) in [6.45, 7) is 11.7. The van der Waals surface area contributed by atoms with Gasteiger partial charge in [0, 0.05) is 25.7 Å². The van der Waals surface area contributed by atoms with Crippen molar-refractivity contribution in [1.29, 1.82) is 0 Å². The molecule has 120 valence electrons. The summed E-state index contributed by atoms with van der Waals surface area (Å²) >= 11 is 0. The van der Waals surface area contributed by atoms with E-state index in [-0.39, 0.29) is 23.5 Å². The van der Waals surface area contributed by atoms with E-state index < -0.39 is 5.41 Å². The Balaban J connectivity index is 2.92. The summed E-state index contributed by atoms with van der Waals surface area (Å²) in [5, 5.41) is 0. The van der Waals surface area contributed by atoms with Gasteiger partial charge in [0.1, 0.15) is 6.10 Å². The van der Waals surface area contributed by atoms with Crippen LogP contribution in [-0.4, -0.2) is 27.7 Å². The first-order chi connectivity index (χ1) is 9.41. The van der Waals surface area contributed by atoms with Gasteiger partial charge in [-0.25, -0.2) is 4.98 Å². The van der Waals surface area contributed by atoms with Crippen molar-refractivity contribution in [2.75, 3.05) is 0 Å². The topological polar surface area (TPSA) is 70.1 Å². The summed E-state index contributed by atoms with van der Waals surface area (Å²) in [6.07, 6.45) is 3.81. The molecule has 1 aromatic heterocycles. The van der Waals surface area contributed by atoms with Gasteiger partial charge in [-0.2, -0.15) is 0 Å². The standard InChI is InChI=1S/C16H29N3O2/c1-15(2,3)13(17)12(21-14(20)16(4,5)6)8-11-9-19(7)10-18-11/h9-10,12-13H,8,17H2,1-7H3. The van der Waals surface area contributed by atoms with Crippen molar-refractivity contribution in [2.24, 2.45) is 23.6 Å². The van der Waals surface area contributed by atoms with Crippen LogP contribution in [0.25, 0.3) is 0 Å². The number of ether oxygens (including phenoxy) is 1. The Hall–Kier alpha value is -1.36. The second kappa shape index (κ2) is 6.18. The minimum absolute atomic E-state index is 0.155. The quantitative estimate of drug-likeness (QED) is 0.865. The fourth-order valence-electron chi connectivity index (χ4n) is 1.89. The number of carbonyl (C=O) groups excluding carboxylic acids is 1. The van der Waals surface area contributed by atoms with Crippen LogP contribution < -0.4 is 5.73 Å². The Labute approximate surface area is 127 Å². The number of carbonyl (C=O) groups is 1. The molecule has 0 saturated carbocycles. The molecular formula is C16H29N3O2. The van der Waals surface area contributed by atoms with Crippen LogP contribution >= 0.6 is 0 Å². The van der Waals surface area contributed by atoms with Crippen molar-refractivity contribution >= 4 is 5.97 Å². The Bertz CT molecular complexity index is 480. The molecule has 2 unspecified atom stereocenters. The van der Waals surface area contributed by atoms with Crippen LogP contribution in [-0.2, 0) is 23.0 Å². The molecule has 2 N–H and O–H groups in total. The Morgan fingerprint density at radius 1 is 1.33 bits per heavy atom. The van der Waals surface area contributed by atoms with Crippen LogP contribution in [0.2, 0.25) is 0 Å². The highest BCUT2D eigenvalue weighted by molar-refractivity contribution is 5.75. The van der Waals surface area contributed by atoms with Gasteiger partial charge in [0.25, 0.3) is 0 Å². The zero-order valence-corrected chi connectivity index (χ0v) is 14.3. The molecule has 1 rings (SSSR count). The Morgan fingerprint density at radius 3 is 2.29 bits per heavy atom. The molecule has 1 heterocycles. The van der Waals surface area contributed by atoms with Gasteiger partial charge in [-0.05, 0) is 26.2 Å². The van der Waals surface area contributed by atoms with Crippen molar-refractivity contribution in [3.05, 3.63) is 18.2 Å². The monoisotopic (exact) mass is 295 g/mol. The number of rotatable bonds is 4. The van der Waals surface area contributed by atoms with Crippen molar-refractivity contribution in [3.63, 3.8) is 0 Å². The van der Waals surface area contributed by atoms with Gasteiger partial charge in [-0.3, -0.25) is 4.79 Å². The second-order valence-electron chi connectivity index (χ2n) is 7.82. The summed E-state index contributed by atoms with van der Waals surface area (Å²) in [4.78, 5) is 16.5. The van der Waals surface area contributed by atoms with Crippen molar-refractivity contribution < 1.29 is 9.53 Å². The molecule has 5 nitrogen and oxygen atoms in total. The summed E-state index contributed by atoms with van der Waals surface area (Å²) < 4.78 is 7.58. The first kappa shape index (κ1) is 17.7. The van der Waals surface area contributed by atoms with Crippen LogP contribution in [0.1, 0.15) is 47.2 Å². The highest BCUT2D eigenvalue weighted by Gasteiger charge is 2.35. The lowest BCUT2D eigenvalue weighted by atomic mass is 9.82. The highest BCUT2D eigenvalue weighted by Crippen LogP contribution is 2.26. The maximum Gasteiger partial charge on any atom is 0.311 e. The summed E-state index contributed by atoms with van der Waals surface area (Å²) in [7, 11) is 1.91. The van der Waals surface area contributed by atoms with E-state index in [4.69, 9.17) is 10.5 Å². The smallest absolute Gasteiger partial charge is 0.311 e. The molecule has 2 atom stereocenters. The molecule has 0 aliphatic rings. The van der Waals surface area contributed by atoms with Gasteiger partial charge in [0.05, 0.1) is 17.4 Å². The molecule has 0 radical (unpaired) electrons. The van der Waals surface area contributed by atoms with Gasteiger partial charge < -0.3 is 15.0 Å². The lowest BCUT2D eigenvalue weighted by Crippen LogP contribution is -2.49. The van der Waals surface area contributed by atoms with E-state index in [1.54, 1.807) is 6.33 Å². The molecule has 0 aliphatic heterocycles. The van der Waals surface area contributed by atoms with Crippen LogP contribution in [0.4, 0.5) is 0 Å². The van der Waals surface area contributed by atoms with E-state index in [2.05, 4.69) is 4.98 Å². The number of esters is 1. The van der Waals surface area contributed by atoms with Gasteiger partial charge in [-0.1, -0.05) is 20.8 Å². The fraction of sp³-hybridized carbons (Fsp3) is 0.750. The largest absolute Gasteiger partial charge is 0.460 e. The molecule has 0 fully saturated rings. The highest BCUT2D eigenvalue weighted by atomic mass is 16.5. The SMILES string of the molecule is Cn1cnc(CC(OC(=O)C(C)(C)C)C(N)C(C)(C)C)c1. The molecule has 21 heavy (non-hydrogen) atoms. The van der Waals surface area contributed by atoms with Crippen LogP contribution in [0.3, 0.4) is 0 Å². The normalized spacial score (nSPS) is 15.6. The first-order valence-corrected chi connectivity index (χ1v) is 7.35. The molecule has 5 heteroatoms. The van der Waals surface area contributed by atoms with Crippen LogP contribution in [0, 0.1) is 10.8 Å². The van der Waals surface area contributed by atoms with Crippen LogP contribution in [0.5, 0.6) is 0 Å². The number of nitrogens with two attached hydrogens (primary N) is 1. The predicted octanol–water partition coefficient (Wildman–Crippen LogP) is 2.29. The summed E-state index contributed by atoms with van der Waals surface area (Å²) in [6, 6.07) is -0.259. The third-order valence-electron chi connectivity index (χ3n) is 3.44. The molecule has 1 aromatic rings. The molecule has 0 saturated heterocycles. The number of aryl methyl sites for hydroxylation is 1. The van der Waals surface area contributed by atoms with Crippen molar-refractivity contribution in [1.82, 2.24) is 9.55 Å². The molecule has 0 amide bonds. The molecular weight excluding hydrogens is 266 g/mol. The van der Waals surface area contributed by atoms with E-state index >= 15 is 0 Å². The zero-order valence-electron chi connectivity index (χ0n) is 14.3. The van der Waals surface area contributed by atoms with Gasteiger partial charge in [0.2, 0.25) is 0 Å². The van der Waals surface area contributed by atoms with E-state index in [0.717, 1.165) is 5.69 Å². The first-order valence-electron chi connectivity index (χ1n) is 7.35. The minimum atomic E-state index is -0.542. The van der Waals surface area contributed by atoms with E-state index in [1.807, 2.05) is 59.4 Å². The van der Waals surface area contributed by atoms with Crippen LogP contribution in [0.15, 0.2) is 12.5 Å². The molecule has 0 spiro atoms. The number of imidazole rings is 1. The van der Waals surface area contributed by atoms with Gasteiger partial charge in [0.15, 0.2) is 0 Å². The average molecular weight is 295 g/mol. The summed E-state index contributed by atoms with van der Waals surface area (Å²) in [5.41, 5.74) is 6.51. The molecule has 0 aromatic carbocycles. The predicted molar refractivity (Wildman–Crippen MR) is 83.7 cm³/mol. The minimum Gasteiger partial charge on any atom is -0.460 e. The average Bonchev–Trinajstić information content (AvgIpc) is 2.70. The van der Waals surface area contributed by atoms with E-state index in [0.29, 0.717) is 6.42 Å². The zero-order chi connectivity index (χ0) is 16.4. The van der Waals surface area contributed by atoms with Crippen molar-refractivity contribution in [2.45, 2.75) is 60.1 Å². The number of aromatic nitrogens is 2. The van der Waals surface area contributed by atoms with Gasteiger partial charge >= 0.3 is 5.97 Å². The maximum atomic E-state index is 12.2. The number of nitrogens with zero attached hydrogens (tertiary/aromatic N) is 2. The maximum absolute atomic E-state index is 12.2.